The second-order valence-electron chi connectivity index (χ2n) is 9.79. The highest BCUT2D eigenvalue weighted by atomic mass is 32.2. The molecule has 0 radical (unpaired) electrons. The van der Waals surface area contributed by atoms with E-state index in [1.807, 2.05) is 18.7 Å². The average molecular weight is 542 g/mol. The number of pyridine rings is 2. The van der Waals surface area contributed by atoms with Crippen molar-refractivity contribution in [2.45, 2.75) is 38.6 Å². The maximum absolute atomic E-state index is 14.5. The van der Waals surface area contributed by atoms with Gasteiger partial charge in [0.1, 0.15) is 23.2 Å². The van der Waals surface area contributed by atoms with E-state index in [1.165, 1.54) is 36.4 Å². The van der Waals surface area contributed by atoms with E-state index in [2.05, 4.69) is 16.6 Å². The van der Waals surface area contributed by atoms with Crippen molar-refractivity contribution in [2.24, 2.45) is 11.8 Å². The number of halogens is 1. The minimum absolute atomic E-state index is 0.0153. The van der Waals surface area contributed by atoms with E-state index in [9.17, 15) is 17.6 Å². The molecule has 1 aliphatic rings. The normalized spacial score (nSPS) is 15.6. The molecule has 1 aromatic carbocycles. The monoisotopic (exact) mass is 541 g/mol. The Morgan fingerprint density at radius 3 is 2.68 bits per heavy atom. The average Bonchev–Trinajstić information content (AvgIpc) is 3.36. The van der Waals surface area contributed by atoms with Gasteiger partial charge in [0.25, 0.3) is 15.9 Å². The summed E-state index contributed by atoms with van der Waals surface area (Å²) in [5, 5.41) is -0.363. The number of aromatic nitrogens is 2. The third-order valence-corrected chi connectivity index (χ3v) is 7.51. The van der Waals surface area contributed by atoms with Gasteiger partial charge in [-0.1, -0.05) is 33.3 Å². The van der Waals surface area contributed by atoms with Crippen molar-refractivity contribution in [3.05, 3.63) is 59.9 Å². The lowest BCUT2D eigenvalue weighted by Gasteiger charge is -2.21. The van der Waals surface area contributed by atoms with Gasteiger partial charge < -0.3 is 15.4 Å². The number of sulfonamides is 1. The molecule has 3 N–H and O–H groups in total. The number of hydrogen-bond donors (Lipinski definition) is 2. The fourth-order valence-corrected chi connectivity index (χ4v) is 5.19. The van der Waals surface area contributed by atoms with Crippen LogP contribution in [0, 0.1) is 17.7 Å². The molecular formula is C27H32FN5O4S. The minimum Gasteiger partial charge on any atom is -0.493 e. The third kappa shape index (κ3) is 6.39. The summed E-state index contributed by atoms with van der Waals surface area (Å²) in [6.45, 7) is 7.86. The highest BCUT2D eigenvalue weighted by Gasteiger charge is 2.29. The van der Waals surface area contributed by atoms with Crippen LogP contribution in [0.4, 0.5) is 16.0 Å². The van der Waals surface area contributed by atoms with Crippen molar-refractivity contribution in [3.63, 3.8) is 0 Å². The fraction of sp³-hybridized carbons (Fsp3) is 0.370. The molecule has 3 heterocycles. The Morgan fingerprint density at radius 2 is 2.00 bits per heavy atom. The van der Waals surface area contributed by atoms with Gasteiger partial charge in [0, 0.05) is 24.7 Å². The summed E-state index contributed by atoms with van der Waals surface area (Å²) in [4.78, 5) is 23.8. The first-order valence-corrected chi connectivity index (χ1v) is 14.0. The van der Waals surface area contributed by atoms with E-state index in [1.54, 1.807) is 12.1 Å². The third-order valence-electron chi connectivity index (χ3n) is 6.28. The van der Waals surface area contributed by atoms with E-state index in [4.69, 9.17) is 15.5 Å². The van der Waals surface area contributed by atoms with Crippen LogP contribution in [-0.4, -0.2) is 44.0 Å². The highest BCUT2D eigenvalue weighted by molar-refractivity contribution is 7.90. The first-order chi connectivity index (χ1) is 18.1. The maximum atomic E-state index is 14.5. The molecule has 9 nitrogen and oxygen atoms in total. The topological polar surface area (TPSA) is 128 Å². The summed E-state index contributed by atoms with van der Waals surface area (Å²) >= 11 is 0. The van der Waals surface area contributed by atoms with Crippen LogP contribution in [0.3, 0.4) is 0 Å². The molecule has 0 bridgehead atoms. The van der Waals surface area contributed by atoms with Gasteiger partial charge in [0.05, 0.1) is 17.9 Å². The number of amides is 1. The zero-order valence-corrected chi connectivity index (χ0v) is 22.5. The van der Waals surface area contributed by atoms with Gasteiger partial charge in [0.2, 0.25) is 0 Å². The summed E-state index contributed by atoms with van der Waals surface area (Å²) in [5.74, 6) is 0.100. The van der Waals surface area contributed by atoms with Crippen molar-refractivity contribution in [1.82, 2.24) is 14.7 Å². The number of anilines is 2. The van der Waals surface area contributed by atoms with Gasteiger partial charge in [-0.05, 0) is 54.7 Å². The van der Waals surface area contributed by atoms with Crippen LogP contribution < -0.4 is 20.1 Å². The SMILES string of the molecule is CCC1CCN(c2nc(-c3cc(F)cc(OCC(C)C)c3)ccc2C(=O)NS(=O)(=O)c2cccc(N)n2)C1. The molecule has 4 rings (SSSR count). The minimum atomic E-state index is -4.28. The smallest absolute Gasteiger partial charge is 0.281 e. The van der Waals surface area contributed by atoms with Crippen LogP contribution in [0.1, 0.15) is 44.0 Å². The zero-order chi connectivity index (χ0) is 27.4. The quantitative estimate of drug-likeness (QED) is 0.412. The number of nitrogens with two attached hydrogens (primary N) is 1. The number of hydrogen-bond acceptors (Lipinski definition) is 8. The summed E-state index contributed by atoms with van der Waals surface area (Å²) in [6.07, 6.45) is 1.88. The van der Waals surface area contributed by atoms with Crippen LogP contribution in [0.5, 0.6) is 5.75 Å². The maximum Gasteiger partial charge on any atom is 0.281 e. The van der Waals surface area contributed by atoms with E-state index >= 15 is 0 Å². The standard InChI is InChI=1S/C27H32FN5O4S/c1-4-18-10-11-33(15-18)26-22(27(34)32-38(35,36)25-7-5-6-24(29)31-25)8-9-23(30-26)19-12-20(28)14-21(13-19)37-16-17(2)3/h5-9,12-14,17-18H,4,10-11,15-16H2,1-3H3,(H2,29,31)(H,32,34). The van der Waals surface area contributed by atoms with Gasteiger partial charge in [-0.3, -0.25) is 4.79 Å². The summed E-state index contributed by atoms with van der Waals surface area (Å²) in [5.41, 5.74) is 6.63. The lowest BCUT2D eigenvalue weighted by atomic mass is 10.1. The first kappa shape index (κ1) is 27.3. The number of nitrogens with zero attached hydrogens (tertiary/aromatic N) is 3. The number of nitrogen functional groups attached to an aromatic ring is 1. The molecule has 1 amide bonds. The van der Waals surface area contributed by atoms with Crippen molar-refractivity contribution in [3.8, 4) is 17.0 Å². The molecule has 38 heavy (non-hydrogen) atoms. The second kappa shape index (κ2) is 11.3. The lowest BCUT2D eigenvalue weighted by molar-refractivity contribution is 0.0981. The van der Waals surface area contributed by atoms with Gasteiger partial charge in [-0.2, -0.15) is 8.42 Å². The number of nitrogens with one attached hydrogen (secondary N) is 1. The number of benzene rings is 1. The van der Waals surface area contributed by atoms with Crippen LogP contribution in [-0.2, 0) is 10.0 Å². The molecule has 1 fully saturated rings. The second-order valence-corrected chi connectivity index (χ2v) is 11.4. The largest absolute Gasteiger partial charge is 0.493 e. The van der Waals surface area contributed by atoms with Crippen LogP contribution >= 0.6 is 0 Å². The molecule has 0 spiro atoms. The highest BCUT2D eigenvalue weighted by Crippen LogP contribution is 2.31. The van der Waals surface area contributed by atoms with Gasteiger partial charge >= 0.3 is 0 Å². The van der Waals surface area contributed by atoms with Crippen molar-refractivity contribution >= 4 is 27.6 Å². The zero-order valence-electron chi connectivity index (χ0n) is 21.6. The molecule has 2 aromatic heterocycles. The van der Waals surface area contributed by atoms with E-state index in [-0.39, 0.29) is 22.3 Å². The number of carbonyl (C=O) groups excluding carboxylic acids is 1. The van der Waals surface area contributed by atoms with E-state index < -0.39 is 21.7 Å². The van der Waals surface area contributed by atoms with Crippen LogP contribution in [0.2, 0.25) is 0 Å². The Morgan fingerprint density at radius 1 is 1.21 bits per heavy atom. The van der Waals surface area contributed by atoms with Gasteiger partial charge in [-0.15, -0.1) is 0 Å². The molecule has 1 atom stereocenters. The van der Waals surface area contributed by atoms with E-state index in [0.717, 1.165) is 12.8 Å². The summed E-state index contributed by atoms with van der Waals surface area (Å²) in [7, 11) is -4.28. The van der Waals surface area contributed by atoms with Crippen molar-refractivity contribution in [2.75, 3.05) is 30.3 Å². The summed E-state index contributed by atoms with van der Waals surface area (Å²) in [6, 6.07) is 11.6. The number of rotatable bonds is 9. The van der Waals surface area contributed by atoms with Gasteiger partial charge in [0.15, 0.2) is 5.03 Å². The molecular weight excluding hydrogens is 509 g/mol. The van der Waals surface area contributed by atoms with E-state index in [0.29, 0.717) is 48.4 Å². The summed E-state index contributed by atoms with van der Waals surface area (Å²) < 4.78 is 47.9. The molecule has 1 saturated heterocycles. The number of ether oxygens (including phenoxy) is 1. The first-order valence-electron chi connectivity index (χ1n) is 12.5. The Kier molecular flexibility index (Phi) is 8.15. The van der Waals surface area contributed by atoms with Crippen molar-refractivity contribution in [1.29, 1.82) is 0 Å². The van der Waals surface area contributed by atoms with Crippen LogP contribution in [0.15, 0.2) is 53.6 Å². The molecule has 0 aliphatic carbocycles. The molecule has 11 heteroatoms. The Balaban J connectivity index is 1.71. The Hall–Kier alpha value is -3.73. The van der Waals surface area contributed by atoms with Crippen molar-refractivity contribution < 1.29 is 22.3 Å². The lowest BCUT2D eigenvalue weighted by Crippen LogP contribution is -2.33. The Labute approximate surface area is 222 Å². The van der Waals surface area contributed by atoms with Gasteiger partial charge in [-0.25, -0.2) is 19.1 Å². The fourth-order valence-electron chi connectivity index (χ4n) is 4.25. The molecule has 1 aliphatic heterocycles. The molecule has 3 aromatic rings. The predicted molar refractivity (Wildman–Crippen MR) is 144 cm³/mol. The predicted octanol–water partition coefficient (Wildman–Crippen LogP) is 4.25. The molecule has 0 saturated carbocycles. The molecule has 1 unspecified atom stereocenters. The molecule has 202 valence electrons. The number of carbonyl (C=O) groups is 1. The van der Waals surface area contributed by atoms with Crippen LogP contribution in [0.25, 0.3) is 11.3 Å². The Bertz CT molecular complexity index is 1430.